The van der Waals surface area contributed by atoms with Crippen molar-refractivity contribution >= 4 is 17.5 Å². The molecular formula is C22H30N8O. The SMILES string of the molecule is Cc1cc(N(CC(C)(C)C)NC(=O)c2ccc(N3CCN(C)CC3)nc2)nc(C#N)n1. The summed E-state index contributed by atoms with van der Waals surface area (Å²) in [6.07, 6.45) is 1.60. The molecule has 1 aliphatic heterocycles. The van der Waals surface area contributed by atoms with Crippen LogP contribution in [0.4, 0.5) is 11.6 Å². The smallest absolute Gasteiger partial charge is 0.271 e. The zero-order valence-electron chi connectivity index (χ0n) is 18.9. The monoisotopic (exact) mass is 422 g/mol. The number of likely N-dealkylation sites (N-methyl/N-ethyl adjacent to an activating group) is 1. The average molecular weight is 423 g/mol. The number of hydrazine groups is 1. The molecule has 164 valence electrons. The largest absolute Gasteiger partial charge is 0.354 e. The molecule has 9 nitrogen and oxygen atoms in total. The Bertz CT molecular complexity index is 953. The van der Waals surface area contributed by atoms with Gasteiger partial charge in [0, 0.05) is 50.7 Å². The minimum atomic E-state index is -0.281. The lowest BCUT2D eigenvalue weighted by Gasteiger charge is -2.33. The molecule has 0 saturated carbocycles. The van der Waals surface area contributed by atoms with Crippen LogP contribution >= 0.6 is 0 Å². The van der Waals surface area contributed by atoms with Crippen LogP contribution in [-0.4, -0.2) is 65.5 Å². The lowest BCUT2D eigenvalue weighted by molar-refractivity contribution is 0.0944. The average Bonchev–Trinajstić information content (AvgIpc) is 2.72. The molecule has 2 aromatic rings. The fraction of sp³-hybridized carbons (Fsp3) is 0.500. The molecule has 2 aromatic heterocycles. The number of nitriles is 1. The zero-order chi connectivity index (χ0) is 22.6. The second-order valence-electron chi connectivity index (χ2n) is 9.09. The fourth-order valence-corrected chi connectivity index (χ4v) is 3.32. The summed E-state index contributed by atoms with van der Waals surface area (Å²) in [4.78, 5) is 30.4. The summed E-state index contributed by atoms with van der Waals surface area (Å²) in [5, 5.41) is 10.9. The van der Waals surface area contributed by atoms with Crippen LogP contribution in [0.3, 0.4) is 0 Å². The number of piperazine rings is 1. The Labute approximate surface area is 183 Å². The van der Waals surface area contributed by atoms with Crippen LogP contribution in [0.25, 0.3) is 0 Å². The van der Waals surface area contributed by atoms with E-state index in [1.165, 1.54) is 0 Å². The van der Waals surface area contributed by atoms with Crippen molar-refractivity contribution < 1.29 is 4.79 Å². The van der Waals surface area contributed by atoms with Crippen molar-refractivity contribution in [3.8, 4) is 6.07 Å². The number of carbonyl (C=O) groups is 1. The Morgan fingerprint density at radius 1 is 1.23 bits per heavy atom. The van der Waals surface area contributed by atoms with Crippen LogP contribution < -0.4 is 15.3 Å². The molecule has 0 atom stereocenters. The number of aryl methyl sites for hydroxylation is 1. The van der Waals surface area contributed by atoms with Crippen molar-refractivity contribution in [1.82, 2.24) is 25.3 Å². The molecule has 1 saturated heterocycles. The maximum Gasteiger partial charge on any atom is 0.271 e. The Hall–Kier alpha value is -3.25. The minimum absolute atomic E-state index is 0.0707. The molecule has 1 N–H and O–H groups in total. The Morgan fingerprint density at radius 3 is 2.52 bits per heavy atom. The van der Waals surface area contributed by atoms with E-state index in [2.05, 4.69) is 58.0 Å². The van der Waals surface area contributed by atoms with E-state index in [1.807, 2.05) is 12.1 Å². The molecule has 0 unspecified atom stereocenters. The van der Waals surface area contributed by atoms with Gasteiger partial charge in [-0.3, -0.25) is 15.2 Å². The molecule has 0 bridgehead atoms. The van der Waals surface area contributed by atoms with Crippen LogP contribution in [0.5, 0.6) is 0 Å². The summed E-state index contributed by atoms with van der Waals surface area (Å²) >= 11 is 0. The first kappa shape index (κ1) is 22.4. The summed E-state index contributed by atoms with van der Waals surface area (Å²) in [6, 6.07) is 7.40. The Morgan fingerprint density at radius 2 is 1.94 bits per heavy atom. The third-order valence-electron chi connectivity index (χ3n) is 4.92. The van der Waals surface area contributed by atoms with Crippen molar-refractivity contribution in [2.45, 2.75) is 27.7 Å². The third kappa shape index (κ3) is 6.12. The first-order valence-corrected chi connectivity index (χ1v) is 10.4. The molecular weight excluding hydrogens is 392 g/mol. The summed E-state index contributed by atoms with van der Waals surface area (Å²) in [5.41, 5.74) is 3.92. The van der Waals surface area contributed by atoms with E-state index in [-0.39, 0.29) is 17.1 Å². The van der Waals surface area contributed by atoms with Crippen LogP contribution in [-0.2, 0) is 0 Å². The molecule has 9 heteroatoms. The van der Waals surface area contributed by atoms with Gasteiger partial charge in [0.05, 0.1) is 5.56 Å². The van der Waals surface area contributed by atoms with Crippen molar-refractivity contribution in [3.63, 3.8) is 0 Å². The molecule has 0 aliphatic carbocycles. The Kier molecular flexibility index (Phi) is 6.71. The summed E-state index contributed by atoms with van der Waals surface area (Å²) in [6.45, 7) is 12.3. The number of amides is 1. The predicted octanol–water partition coefficient (Wildman–Crippen LogP) is 2.00. The minimum Gasteiger partial charge on any atom is -0.354 e. The van der Waals surface area contributed by atoms with Gasteiger partial charge in [0.1, 0.15) is 11.9 Å². The summed E-state index contributed by atoms with van der Waals surface area (Å²) in [5.74, 6) is 1.15. The highest BCUT2D eigenvalue weighted by Gasteiger charge is 2.22. The molecule has 0 spiro atoms. The molecule has 3 rings (SSSR count). The molecule has 1 amide bonds. The second kappa shape index (κ2) is 9.27. The molecule has 31 heavy (non-hydrogen) atoms. The van der Waals surface area contributed by atoms with Gasteiger partial charge in [-0.25, -0.2) is 9.97 Å². The van der Waals surface area contributed by atoms with E-state index in [1.54, 1.807) is 30.3 Å². The van der Waals surface area contributed by atoms with E-state index >= 15 is 0 Å². The lowest BCUT2D eigenvalue weighted by Crippen LogP contribution is -2.47. The lowest BCUT2D eigenvalue weighted by atomic mass is 9.96. The number of anilines is 2. The number of pyridine rings is 1. The van der Waals surface area contributed by atoms with Gasteiger partial charge >= 0.3 is 0 Å². The number of nitrogens with zero attached hydrogens (tertiary/aromatic N) is 7. The standard InChI is InChI=1S/C22H30N8O/c1-16-12-20(26-18(13-23)25-16)30(15-22(2,3)4)27-21(31)17-6-7-19(24-14-17)29-10-8-28(5)9-11-29/h6-7,12,14H,8-11,15H2,1-5H3,(H,27,31). The van der Waals surface area contributed by atoms with Crippen LogP contribution in [0.1, 0.15) is 42.6 Å². The number of nitrogens with one attached hydrogen (secondary N) is 1. The van der Waals surface area contributed by atoms with Crippen molar-refractivity contribution in [2.24, 2.45) is 5.41 Å². The van der Waals surface area contributed by atoms with Crippen LogP contribution in [0, 0.1) is 23.7 Å². The summed E-state index contributed by atoms with van der Waals surface area (Å²) < 4.78 is 0. The number of hydrogen-bond acceptors (Lipinski definition) is 8. The zero-order valence-corrected chi connectivity index (χ0v) is 18.9. The van der Waals surface area contributed by atoms with Crippen LogP contribution in [0.15, 0.2) is 24.4 Å². The van der Waals surface area contributed by atoms with Crippen molar-refractivity contribution in [3.05, 3.63) is 41.5 Å². The van der Waals surface area contributed by atoms with Gasteiger partial charge in [-0.05, 0) is 31.5 Å². The van der Waals surface area contributed by atoms with Crippen molar-refractivity contribution in [2.75, 3.05) is 49.7 Å². The van der Waals surface area contributed by atoms with Crippen molar-refractivity contribution in [1.29, 1.82) is 5.26 Å². The number of hydrogen-bond donors (Lipinski definition) is 1. The topological polar surface area (TPSA) is 101 Å². The molecule has 3 heterocycles. The normalized spacial score (nSPS) is 14.8. The predicted molar refractivity (Wildman–Crippen MR) is 120 cm³/mol. The van der Waals surface area contributed by atoms with Gasteiger partial charge in [-0.15, -0.1) is 0 Å². The highest BCUT2D eigenvalue weighted by Crippen LogP contribution is 2.20. The maximum atomic E-state index is 13.0. The highest BCUT2D eigenvalue weighted by atomic mass is 16.2. The van der Waals surface area contributed by atoms with E-state index in [0.29, 0.717) is 23.6 Å². The van der Waals surface area contributed by atoms with Gasteiger partial charge in [0.25, 0.3) is 5.91 Å². The molecule has 0 radical (unpaired) electrons. The van der Waals surface area contributed by atoms with Gasteiger partial charge in [-0.2, -0.15) is 10.2 Å². The Balaban J connectivity index is 1.77. The van der Waals surface area contributed by atoms with Gasteiger partial charge in [0.2, 0.25) is 5.82 Å². The van der Waals surface area contributed by atoms with Crippen LogP contribution in [0.2, 0.25) is 0 Å². The van der Waals surface area contributed by atoms with Gasteiger partial charge in [0.15, 0.2) is 5.82 Å². The highest BCUT2D eigenvalue weighted by molar-refractivity contribution is 5.94. The summed E-state index contributed by atoms with van der Waals surface area (Å²) in [7, 11) is 2.11. The number of rotatable bonds is 5. The van der Waals surface area contributed by atoms with Gasteiger partial charge < -0.3 is 9.80 Å². The second-order valence-corrected chi connectivity index (χ2v) is 9.09. The maximum absolute atomic E-state index is 13.0. The first-order valence-electron chi connectivity index (χ1n) is 10.4. The third-order valence-corrected chi connectivity index (χ3v) is 4.92. The van der Waals surface area contributed by atoms with E-state index in [9.17, 15) is 10.1 Å². The molecule has 1 aliphatic rings. The quantitative estimate of drug-likeness (QED) is 0.730. The first-order chi connectivity index (χ1) is 14.6. The number of aromatic nitrogens is 3. The molecule has 0 aromatic carbocycles. The van der Waals surface area contributed by atoms with E-state index in [4.69, 9.17) is 0 Å². The number of carbonyl (C=O) groups excluding carboxylic acids is 1. The van der Waals surface area contributed by atoms with E-state index < -0.39 is 0 Å². The molecule has 1 fully saturated rings. The fourth-order valence-electron chi connectivity index (χ4n) is 3.32. The van der Waals surface area contributed by atoms with Gasteiger partial charge in [-0.1, -0.05) is 20.8 Å². The van der Waals surface area contributed by atoms with E-state index in [0.717, 1.165) is 32.0 Å².